The predicted molar refractivity (Wildman–Crippen MR) is 73.8 cm³/mol. The summed E-state index contributed by atoms with van der Waals surface area (Å²) in [7, 11) is 0. The summed E-state index contributed by atoms with van der Waals surface area (Å²) in [6.45, 7) is 3.34. The van der Waals surface area contributed by atoms with Gasteiger partial charge in [0.25, 0.3) is 0 Å². The van der Waals surface area contributed by atoms with Gasteiger partial charge in [-0.05, 0) is 31.9 Å². The molecule has 98 valence electrons. The summed E-state index contributed by atoms with van der Waals surface area (Å²) >= 11 is 0. The lowest BCUT2D eigenvalue weighted by Gasteiger charge is -2.11. The summed E-state index contributed by atoms with van der Waals surface area (Å²) in [6, 6.07) is 10.2. The molecule has 0 N–H and O–H groups in total. The number of nitriles is 1. The molecule has 0 amide bonds. The first-order chi connectivity index (χ1) is 9.21. The molecule has 3 rings (SSSR count). The summed E-state index contributed by atoms with van der Waals surface area (Å²) < 4.78 is 3.65. The number of aromatic nitrogens is 2. The highest BCUT2D eigenvalue weighted by Gasteiger charge is 2.43. The molecule has 19 heavy (non-hydrogen) atoms. The van der Waals surface area contributed by atoms with Gasteiger partial charge in [0.1, 0.15) is 0 Å². The molecular formula is C15H17N3O. The van der Waals surface area contributed by atoms with Crippen LogP contribution in [0.4, 0.5) is 0 Å². The number of nitrogens with zero attached hydrogens (tertiary/aromatic N) is 3. The molecule has 0 unspecified atom stereocenters. The number of para-hydroxylation sites is 2. The minimum absolute atomic E-state index is 0.0429. The fraction of sp³-hybridized carbons (Fsp3) is 0.467. The molecule has 1 heterocycles. The van der Waals surface area contributed by atoms with Crippen LogP contribution in [0.15, 0.2) is 29.1 Å². The van der Waals surface area contributed by atoms with Crippen molar-refractivity contribution in [3.63, 3.8) is 0 Å². The third-order valence-corrected chi connectivity index (χ3v) is 4.15. The molecule has 0 saturated heterocycles. The van der Waals surface area contributed by atoms with Gasteiger partial charge in [0.15, 0.2) is 0 Å². The van der Waals surface area contributed by atoms with Crippen molar-refractivity contribution in [1.29, 1.82) is 5.26 Å². The molecule has 1 fully saturated rings. The molecule has 1 aliphatic rings. The van der Waals surface area contributed by atoms with Crippen LogP contribution in [0.2, 0.25) is 0 Å². The number of fused-ring (bicyclic) bond motifs is 1. The topological polar surface area (TPSA) is 50.7 Å². The van der Waals surface area contributed by atoms with Crippen molar-refractivity contribution in [3.05, 3.63) is 34.7 Å². The van der Waals surface area contributed by atoms with Gasteiger partial charge in [-0.2, -0.15) is 5.26 Å². The predicted octanol–water partition coefficient (Wildman–Crippen LogP) is 2.52. The monoisotopic (exact) mass is 255 g/mol. The molecule has 4 nitrogen and oxygen atoms in total. The third kappa shape index (κ3) is 1.86. The third-order valence-electron chi connectivity index (χ3n) is 4.15. The van der Waals surface area contributed by atoms with E-state index in [4.69, 9.17) is 5.26 Å². The number of hydrogen-bond donors (Lipinski definition) is 0. The van der Waals surface area contributed by atoms with Gasteiger partial charge in [0.05, 0.1) is 17.1 Å². The highest BCUT2D eigenvalue weighted by molar-refractivity contribution is 5.76. The van der Waals surface area contributed by atoms with Gasteiger partial charge in [0, 0.05) is 24.9 Å². The normalized spacial score (nSPS) is 16.4. The molecule has 0 radical (unpaired) electrons. The zero-order chi connectivity index (χ0) is 13.5. The Morgan fingerprint density at radius 2 is 1.89 bits per heavy atom. The first kappa shape index (κ1) is 12.0. The van der Waals surface area contributed by atoms with Gasteiger partial charge in [-0.25, -0.2) is 4.79 Å². The zero-order valence-corrected chi connectivity index (χ0v) is 11.1. The van der Waals surface area contributed by atoms with Crippen molar-refractivity contribution in [2.75, 3.05) is 0 Å². The number of rotatable bonds is 4. The summed E-state index contributed by atoms with van der Waals surface area (Å²) in [5.41, 5.74) is 2.07. The lowest BCUT2D eigenvalue weighted by atomic mass is 10.0. The van der Waals surface area contributed by atoms with Crippen LogP contribution in [0, 0.1) is 16.7 Å². The van der Waals surface area contributed by atoms with E-state index in [1.165, 1.54) is 0 Å². The average molecular weight is 255 g/mol. The molecule has 1 aliphatic carbocycles. The Balaban J connectivity index is 2.12. The van der Waals surface area contributed by atoms with Crippen molar-refractivity contribution < 1.29 is 0 Å². The van der Waals surface area contributed by atoms with Crippen LogP contribution in [-0.2, 0) is 13.1 Å². The number of imidazole rings is 1. The lowest BCUT2D eigenvalue weighted by molar-refractivity contribution is 0.426. The molecule has 0 spiro atoms. The van der Waals surface area contributed by atoms with Gasteiger partial charge in [-0.3, -0.25) is 9.13 Å². The van der Waals surface area contributed by atoms with Gasteiger partial charge in [-0.15, -0.1) is 0 Å². The summed E-state index contributed by atoms with van der Waals surface area (Å²) in [6.07, 6.45) is 2.66. The smallest absolute Gasteiger partial charge is 0.292 e. The molecule has 4 heteroatoms. The maximum Gasteiger partial charge on any atom is 0.329 e. The van der Waals surface area contributed by atoms with Crippen LogP contribution in [0.3, 0.4) is 0 Å². The number of aryl methyl sites for hydroxylation is 1. The number of benzene rings is 1. The molecule has 2 aromatic rings. The maximum absolute atomic E-state index is 12.5. The van der Waals surface area contributed by atoms with Crippen LogP contribution >= 0.6 is 0 Å². The van der Waals surface area contributed by atoms with Crippen molar-refractivity contribution in [2.24, 2.45) is 5.41 Å². The molecule has 0 bridgehead atoms. The fourth-order valence-corrected chi connectivity index (χ4v) is 2.80. The Labute approximate surface area is 111 Å². The van der Waals surface area contributed by atoms with Crippen LogP contribution in [0.1, 0.15) is 26.2 Å². The Hall–Kier alpha value is -2.02. The molecular weight excluding hydrogens is 238 g/mol. The minimum atomic E-state index is 0.0429. The van der Waals surface area contributed by atoms with Crippen molar-refractivity contribution in [1.82, 2.24) is 9.13 Å². The van der Waals surface area contributed by atoms with Crippen LogP contribution < -0.4 is 5.69 Å². The highest BCUT2D eigenvalue weighted by atomic mass is 16.1. The summed E-state index contributed by atoms with van der Waals surface area (Å²) in [5.74, 6) is 0. The Morgan fingerprint density at radius 3 is 2.42 bits per heavy atom. The Morgan fingerprint density at radius 1 is 1.26 bits per heavy atom. The fourth-order valence-electron chi connectivity index (χ4n) is 2.80. The molecule has 1 aromatic carbocycles. The van der Waals surface area contributed by atoms with Gasteiger partial charge in [-0.1, -0.05) is 12.1 Å². The van der Waals surface area contributed by atoms with E-state index in [9.17, 15) is 4.79 Å². The van der Waals surface area contributed by atoms with E-state index in [1.54, 1.807) is 4.57 Å². The SMILES string of the molecule is CCn1c(=O)n(CC2(CC#N)CC2)c2ccccc21. The van der Waals surface area contributed by atoms with E-state index in [0.29, 0.717) is 19.5 Å². The second-order valence-corrected chi connectivity index (χ2v) is 5.44. The average Bonchev–Trinajstić information content (AvgIpc) is 3.12. The van der Waals surface area contributed by atoms with Crippen molar-refractivity contribution >= 4 is 11.0 Å². The van der Waals surface area contributed by atoms with Crippen LogP contribution in [0.5, 0.6) is 0 Å². The quantitative estimate of drug-likeness (QED) is 0.843. The second-order valence-electron chi connectivity index (χ2n) is 5.44. The molecule has 0 aliphatic heterocycles. The Kier molecular flexibility index (Phi) is 2.70. The highest BCUT2D eigenvalue weighted by Crippen LogP contribution is 2.50. The van der Waals surface area contributed by atoms with E-state index in [1.807, 2.05) is 35.8 Å². The van der Waals surface area contributed by atoms with Crippen molar-refractivity contribution in [2.45, 2.75) is 39.3 Å². The lowest BCUT2D eigenvalue weighted by Crippen LogP contribution is -2.27. The van der Waals surface area contributed by atoms with Crippen LogP contribution in [0.25, 0.3) is 11.0 Å². The summed E-state index contributed by atoms with van der Waals surface area (Å²) in [4.78, 5) is 12.5. The largest absolute Gasteiger partial charge is 0.329 e. The van der Waals surface area contributed by atoms with Crippen LogP contribution in [-0.4, -0.2) is 9.13 Å². The zero-order valence-electron chi connectivity index (χ0n) is 11.1. The van der Waals surface area contributed by atoms with Gasteiger partial charge in [0.2, 0.25) is 0 Å². The van der Waals surface area contributed by atoms with Gasteiger partial charge >= 0.3 is 5.69 Å². The molecule has 1 saturated carbocycles. The first-order valence-corrected chi connectivity index (χ1v) is 6.76. The van der Waals surface area contributed by atoms with Gasteiger partial charge < -0.3 is 0 Å². The molecule has 1 aromatic heterocycles. The standard InChI is InChI=1S/C15H17N3O/c1-2-17-12-5-3-4-6-13(12)18(14(17)19)11-15(7-8-15)9-10-16/h3-6H,2,7-9,11H2,1H3. The van der Waals surface area contributed by atoms with E-state index in [0.717, 1.165) is 23.9 Å². The molecule has 0 atom stereocenters. The Bertz CT molecular complexity index is 713. The number of hydrogen-bond acceptors (Lipinski definition) is 2. The summed E-state index contributed by atoms with van der Waals surface area (Å²) in [5, 5.41) is 8.91. The second kappa shape index (κ2) is 4.27. The van der Waals surface area contributed by atoms with E-state index < -0.39 is 0 Å². The van der Waals surface area contributed by atoms with E-state index in [2.05, 4.69) is 6.07 Å². The maximum atomic E-state index is 12.5. The van der Waals surface area contributed by atoms with Crippen molar-refractivity contribution in [3.8, 4) is 6.07 Å². The minimum Gasteiger partial charge on any atom is -0.292 e. The first-order valence-electron chi connectivity index (χ1n) is 6.76. The van der Waals surface area contributed by atoms with E-state index >= 15 is 0 Å². The van der Waals surface area contributed by atoms with E-state index in [-0.39, 0.29) is 11.1 Å².